The minimum atomic E-state index is -0.239. The first-order valence-electron chi connectivity index (χ1n) is 6.11. The zero-order chi connectivity index (χ0) is 13.7. The van der Waals surface area contributed by atoms with Crippen LogP contribution in [0.1, 0.15) is 12.5 Å². The Hall–Kier alpha value is -1.46. The average Bonchev–Trinajstić information content (AvgIpc) is 2.42. The van der Waals surface area contributed by atoms with Crippen LogP contribution in [0, 0.1) is 0 Å². The highest BCUT2D eigenvalue weighted by Gasteiger charge is 2.06. The molecule has 1 N–H and O–H groups in total. The molecule has 1 aromatic carbocycles. The summed E-state index contributed by atoms with van der Waals surface area (Å²) in [7, 11) is 0. The third-order valence-electron chi connectivity index (χ3n) is 2.69. The van der Waals surface area contributed by atoms with Crippen LogP contribution in [-0.4, -0.2) is 24.1 Å². The fourth-order valence-electron chi connectivity index (χ4n) is 1.85. The van der Waals surface area contributed by atoms with Gasteiger partial charge in [-0.15, -0.1) is 0 Å². The van der Waals surface area contributed by atoms with E-state index in [1.54, 1.807) is 13.1 Å². The van der Waals surface area contributed by atoms with E-state index in [4.69, 9.17) is 4.74 Å². The lowest BCUT2D eigenvalue weighted by Gasteiger charge is -2.08. The summed E-state index contributed by atoms with van der Waals surface area (Å²) in [5.41, 5.74) is 2.00. The molecule has 4 nitrogen and oxygen atoms in total. The first-order chi connectivity index (χ1) is 9.22. The summed E-state index contributed by atoms with van der Waals surface area (Å²) < 4.78 is 5.88. The van der Waals surface area contributed by atoms with Crippen molar-refractivity contribution in [2.45, 2.75) is 13.5 Å². The van der Waals surface area contributed by atoms with Crippen LogP contribution < -0.4 is 5.32 Å². The molecule has 0 bridgehead atoms. The number of nitrogens with one attached hydrogen (secondary N) is 1. The molecule has 0 saturated heterocycles. The van der Waals surface area contributed by atoms with Gasteiger partial charge in [0, 0.05) is 22.6 Å². The zero-order valence-corrected chi connectivity index (χ0v) is 12.2. The van der Waals surface area contributed by atoms with E-state index in [1.807, 2.05) is 24.3 Å². The summed E-state index contributed by atoms with van der Waals surface area (Å²) >= 11 is 3.51. The van der Waals surface area contributed by atoms with Crippen LogP contribution >= 0.6 is 15.9 Å². The van der Waals surface area contributed by atoms with Crippen molar-refractivity contribution in [2.24, 2.45) is 0 Å². The van der Waals surface area contributed by atoms with E-state index >= 15 is 0 Å². The second kappa shape index (κ2) is 6.63. The third-order valence-corrected chi connectivity index (χ3v) is 3.38. The van der Waals surface area contributed by atoms with Gasteiger partial charge in [0.2, 0.25) is 0 Å². The maximum atomic E-state index is 11.2. The monoisotopic (exact) mass is 322 g/mol. The van der Waals surface area contributed by atoms with Gasteiger partial charge in [-0.2, -0.15) is 0 Å². The van der Waals surface area contributed by atoms with Crippen LogP contribution in [0.2, 0.25) is 0 Å². The summed E-state index contributed by atoms with van der Waals surface area (Å²) in [5.74, 6) is -0.239. The molecular weight excluding hydrogens is 308 g/mol. The lowest BCUT2D eigenvalue weighted by atomic mass is 10.1. The number of ether oxygens (including phenoxy) is 1. The quantitative estimate of drug-likeness (QED) is 0.860. The molecule has 5 heteroatoms. The Bertz CT molecular complexity index is 587. The fraction of sp³-hybridized carbons (Fsp3) is 0.286. The Morgan fingerprint density at radius 3 is 3.05 bits per heavy atom. The van der Waals surface area contributed by atoms with E-state index in [9.17, 15) is 4.79 Å². The molecular formula is C14H15BrN2O2. The summed E-state index contributed by atoms with van der Waals surface area (Å²) in [4.78, 5) is 15.6. The van der Waals surface area contributed by atoms with Crippen LogP contribution in [-0.2, 0) is 16.1 Å². The third kappa shape index (κ3) is 3.52. The SMILES string of the molecule is CCOC(=O)CNCc1ccc(Br)c2cccnc12. The lowest BCUT2D eigenvalue weighted by molar-refractivity contribution is -0.142. The largest absolute Gasteiger partial charge is 0.465 e. The highest BCUT2D eigenvalue weighted by Crippen LogP contribution is 2.24. The number of pyridine rings is 1. The molecule has 1 aromatic heterocycles. The molecule has 0 atom stereocenters. The number of aromatic nitrogens is 1. The number of benzene rings is 1. The van der Waals surface area contributed by atoms with Crippen molar-refractivity contribution >= 4 is 32.8 Å². The van der Waals surface area contributed by atoms with E-state index < -0.39 is 0 Å². The van der Waals surface area contributed by atoms with E-state index in [2.05, 4.69) is 26.2 Å². The molecule has 0 aliphatic rings. The number of hydrogen-bond donors (Lipinski definition) is 1. The Morgan fingerprint density at radius 1 is 1.42 bits per heavy atom. The predicted octanol–water partition coefficient (Wildman–Crippen LogP) is 2.65. The average molecular weight is 323 g/mol. The maximum absolute atomic E-state index is 11.2. The number of nitrogens with zero attached hydrogens (tertiary/aromatic N) is 1. The molecule has 0 amide bonds. The Balaban J connectivity index is 2.09. The van der Waals surface area contributed by atoms with Crippen LogP contribution in [0.15, 0.2) is 34.9 Å². The second-order valence-electron chi connectivity index (χ2n) is 4.01. The van der Waals surface area contributed by atoms with Crippen LogP contribution in [0.3, 0.4) is 0 Å². The highest BCUT2D eigenvalue weighted by atomic mass is 79.9. The number of rotatable bonds is 5. The smallest absolute Gasteiger partial charge is 0.319 e. The van der Waals surface area contributed by atoms with Gasteiger partial charge in [-0.05, 0) is 24.6 Å². The van der Waals surface area contributed by atoms with E-state index in [0.717, 1.165) is 20.9 Å². The Kier molecular flexibility index (Phi) is 4.87. The number of halogens is 1. The van der Waals surface area contributed by atoms with E-state index in [-0.39, 0.29) is 12.5 Å². The lowest BCUT2D eigenvalue weighted by Crippen LogP contribution is -2.24. The number of carbonyl (C=O) groups is 1. The molecule has 0 unspecified atom stereocenters. The van der Waals surface area contributed by atoms with E-state index in [0.29, 0.717) is 13.2 Å². The summed E-state index contributed by atoms with van der Waals surface area (Å²) in [6, 6.07) is 7.91. The van der Waals surface area contributed by atoms with Crippen LogP contribution in [0.5, 0.6) is 0 Å². The van der Waals surface area contributed by atoms with Gasteiger partial charge in [0.1, 0.15) is 0 Å². The summed E-state index contributed by atoms with van der Waals surface area (Å²) in [5, 5.41) is 4.14. The molecule has 2 rings (SSSR count). The molecule has 0 aliphatic heterocycles. The van der Waals surface area contributed by atoms with Crippen LogP contribution in [0.25, 0.3) is 10.9 Å². The van der Waals surface area contributed by atoms with Gasteiger partial charge in [-0.1, -0.05) is 28.1 Å². The zero-order valence-electron chi connectivity index (χ0n) is 10.6. The van der Waals surface area contributed by atoms with Crippen molar-refractivity contribution in [1.29, 1.82) is 0 Å². The molecule has 0 aliphatic carbocycles. The molecule has 100 valence electrons. The second-order valence-corrected chi connectivity index (χ2v) is 4.87. The van der Waals surface area contributed by atoms with Crippen LogP contribution in [0.4, 0.5) is 0 Å². The van der Waals surface area contributed by atoms with Crippen molar-refractivity contribution in [3.05, 3.63) is 40.5 Å². The van der Waals surface area contributed by atoms with Crippen molar-refractivity contribution in [3.63, 3.8) is 0 Å². The van der Waals surface area contributed by atoms with Crippen molar-refractivity contribution in [2.75, 3.05) is 13.2 Å². The molecule has 2 aromatic rings. The molecule has 0 fully saturated rings. The van der Waals surface area contributed by atoms with Gasteiger partial charge in [0.05, 0.1) is 18.7 Å². The Labute approximate surface area is 120 Å². The normalized spacial score (nSPS) is 10.6. The van der Waals surface area contributed by atoms with Crippen molar-refractivity contribution in [3.8, 4) is 0 Å². The first-order valence-corrected chi connectivity index (χ1v) is 6.90. The van der Waals surface area contributed by atoms with Gasteiger partial charge in [0.25, 0.3) is 0 Å². The van der Waals surface area contributed by atoms with Gasteiger partial charge in [-0.3, -0.25) is 9.78 Å². The minimum absolute atomic E-state index is 0.207. The van der Waals surface area contributed by atoms with E-state index in [1.165, 1.54) is 0 Å². The van der Waals surface area contributed by atoms with Gasteiger partial charge in [0.15, 0.2) is 0 Å². The number of fused-ring (bicyclic) bond motifs is 1. The molecule has 0 spiro atoms. The summed E-state index contributed by atoms with van der Waals surface area (Å²) in [6.07, 6.45) is 1.77. The number of hydrogen-bond acceptors (Lipinski definition) is 4. The fourth-order valence-corrected chi connectivity index (χ4v) is 2.30. The van der Waals surface area contributed by atoms with Gasteiger partial charge in [-0.25, -0.2) is 0 Å². The van der Waals surface area contributed by atoms with Crippen molar-refractivity contribution in [1.82, 2.24) is 10.3 Å². The topological polar surface area (TPSA) is 51.2 Å². The maximum Gasteiger partial charge on any atom is 0.319 e. The number of carbonyl (C=O) groups excluding carboxylic acids is 1. The summed E-state index contributed by atoms with van der Waals surface area (Å²) in [6.45, 7) is 2.99. The molecule has 19 heavy (non-hydrogen) atoms. The molecule has 1 heterocycles. The molecule has 0 radical (unpaired) electrons. The standard InChI is InChI=1S/C14H15BrN2O2/c1-2-19-13(18)9-16-8-10-5-6-12(15)11-4-3-7-17-14(10)11/h3-7,16H,2,8-9H2,1H3. The first kappa shape index (κ1) is 14.0. The minimum Gasteiger partial charge on any atom is -0.465 e. The predicted molar refractivity (Wildman–Crippen MR) is 77.8 cm³/mol. The number of esters is 1. The highest BCUT2D eigenvalue weighted by molar-refractivity contribution is 9.10. The van der Waals surface area contributed by atoms with Crippen molar-refractivity contribution < 1.29 is 9.53 Å². The Morgan fingerprint density at radius 2 is 2.26 bits per heavy atom. The van der Waals surface area contributed by atoms with Gasteiger partial charge >= 0.3 is 5.97 Å². The van der Waals surface area contributed by atoms with Gasteiger partial charge < -0.3 is 10.1 Å². The molecule has 0 saturated carbocycles.